The minimum atomic E-state index is -0.588. The average molecular weight is 209 g/mol. The number of benzene rings is 1. The first-order valence-electron chi connectivity index (χ1n) is 4.86. The summed E-state index contributed by atoms with van der Waals surface area (Å²) in [6.07, 6.45) is 0.194. The molecule has 4 nitrogen and oxygen atoms in total. The van der Waals surface area contributed by atoms with Crippen LogP contribution in [0.3, 0.4) is 0 Å². The van der Waals surface area contributed by atoms with Gasteiger partial charge in [-0.05, 0) is 5.56 Å². The van der Waals surface area contributed by atoms with Crippen molar-refractivity contribution < 1.29 is 9.66 Å². The summed E-state index contributed by atoms with van der Waals surface area (Å²) in [4.78, 5) is 10.2. The third kappa shape index (κ3) is 3.32. The van der Waals surface area contributed by atoms with Crippen molar-refractivity contribution in [2.24, 2.45) is 0 Å². The summed E-state index contributed by atoms with van der Waals surface area (Å²) in [6, 6.07) is 8.96. The molecule has 0 N–H and O–H groups in total. The molecule has 0 aliphatic heterocycles. The van der Waals surface area contributed by atoms with Crippen LogP contribution in [0.4, 0.5) is 0 Å². The van der Waals surface area contributed by atoms with Gasteiger partial charge in [-0.3, -0.25) is 10.1 Å². The number of ether oxygens (including phenoxy) is 1. The highest BCUT2D eigenvalue weighted by Gasteiger charge is 2.21. The molecule has 0 radical (unpaired) electrons. The molecule has 0 saturated carbocycles. The molecule has 0 spiro atoms. The van der Waals surface area contributed by atoms with Crippen molar-refractivity contribution in [3.8, 4) is 0 Å². The lowest BCUT2D eigenvalue weighted by Gasteiger charge is -2.16. The molecule has 1 rings (SSSR count). The lowest BCUT2D eigenvalue weighted by Crippen LogP contribution is -2.19. The van der Waals surface area contributed by atoms with Crippen LogP contribution in [0.5, 0.6) is 0 Å². The van der Waals surface area contributed by atoms with E-state index in [1.54, 1.807) is 14.0 Å². The van der Waals surface area contributed by atoms with Crippen molar-refractivity contribution in [3.05, 3.63) is 46.0 Å². The Hall–Kier alpha value is -1.42. The Morgan fingerprint density at radius 3 is 2.47 bits per heavy atom. The second-order valence-corrected chi connectivity index (χ2v) is 3.51. The first-order valence-corrected chi connectivity index (χ1v) is 4.86. The van der Waals surface area contributed by atoms with E-state index < -0.39 is 6.04 Å². The van der Waals surface area contributed by atoms with Crippen LogP contribution in [0.1, 0.15) is 25.0 Å². The van der Waals surface area contributed by atoms with Crippen LogP contribution in [0.2, 0.25) is 0 Å². The predicted molar refractivity (Wildman–Crippen MR) is 57.3 cm³/mol. The van der Waals surface area contributed by atoms with Gasteiger partial charge in [0, 0.05) is 25.4 Å². The zero-order valence-electron chi connectivity index (χ0n) is 8.92. The van der Waals surface area contributed by atoms with E-state index in [-0.39, 0.29) is 11.0 Å². The van der Waals surface area contributed by atoms with E-state index in [4.69, 9.17) is 4.74 Å². The maximum atomic E-state index is 10.5. The Morgan fingerprint density at radius 1 is 1.40 bits per heavy atom. The molecule has 82 valence electrons. The molecular weight excluding hydrogens is 194 g/mol. The maximum Gasteiger partial charge on any atom is 0.213 e. The summed E-state index contributed by atoms with van der Waals surface area (Å²) in [5.74, 6) is 0. The maximum absolute atomic E-state index is 10.5. The van der Waals surface area contributed by atoms with Gasteiger partial charge < -0.3 is 4.74 Å². The van der Waals surface area contributed by atoms with Gasteiger partial charge in [0.15, 0.2) is 0 Å². The van der Waals surface area contributed by atoms with Gasteiger partial charge in [-0.1, -0.05) is 30.3 Å². The van der Waals surface area contributed by atoms with E-state index in [9.17, 15) is 10.1 Å². The van der Waals surface area contributed by atoms with Crippen LogP contribution in [-0.2, 0) is 4.74 Å². The molecule has 0 bridgehead atoms. The first-order chi connectivity index (χ1) is 7.15. The summed E-state index contributed by atoms with van der Waals surface area (Å²) >= 11 is 0. The van der Waals surface area contributed by atoms with Crippen LogP contribution in [-0.4, -0.2) is 18.1 Å². The van der Waals surface area contributed by atoms with Gasteiger partial charge in [-0.15, -0.1) is 0 Å². The molecule has 2 atom stereocenters. The zero-order chi connectivity index (χ0) is 11.3. The molecule has 0 aliphatic rings. The highest BCUT2D eigenvalue weighted by atomic mass is 16.6. The lowest BCUT2D eigenvalue weighted by atomic mass is 10.0. The Morgan fingerprint density at radius 2 is 2.00 bits per heavy atom. The topological polar surface area (TPSA) is 52.4 Å². The number of methoxy groups -OCH3 is 1. The van der Waals surface area contributed by atoms with Crippen molar-refractivity contribution in [1.82, 2.24) is 0 Å². The summed E-state index contributed by atoms with van der Waals surface area (Å²) < 4.78 is 5.25. The predicted octanol–water partition coefficient (Wildman–Crippen LogP) is 2.43. The van der Waals surface area contributed by atoms with Crippen molar-refractivity contribution in [2.75, 3.05) is 7.11 Å². The second kappa shape index (κ2) is 5.46. The molecule has 1 aromatic rings. The quantitative estimate of drug-likeness (QED) is 0.552. The van der Waals surface area contributed by atoms with Gasteiger partial charge in [0.2, 0.25) is 6.04 Å². The minimum Gasteiger partial charge on any atom is -0.376 e. The molecule has 0 amide bonds. The Balaban J connectivity index is 2.69. The van der Waals surface area contributed by atoms with Crippen molar-refractivity contribution in [2.45, 2.75) is 25.5 Å². The van der Waals surface area contributed by atoms with Gasteiger partial charge in [0.05, 0.1) is 6.10 Å². The lowest BCUT2D eigenvalue weighted by molar-refractivity contribution is -0.520. The summed E-state index contributed by atoms with van der Waals surface area (Å²) in [5, 5.41) is 10.5. The van der Waals surface area contributed by atoms with Crippen molar-refractivity contribution in [1.29, 1.82) is 0 Å². The van der Waals surface area contributed by atoms with E-state index in [0.717, 1.165) is 5.56 Å². The van der Waals surface area contributed by atoms with Gasteiger partial charge in [0.25, 0.3) is 0 Å². The third-order valence-electron chi connectivity index (χ3n) is 2.37. The van der Waals surface area contributed by atoms with Crippen LogP contribution < -0.4 is 0 Å². The average Bonchev–Trinajstić information content (AvgIpc) is 2.26. The number of hydrogen-bond donors (Lipinski definition) is 0. The van der Waals surface area contributed by atoms with Crippen molar-refractivity contribution in [3.63, 3.8) is 0 Å². The van der Waals surface area contributed by atoms with E-state index in [2.05, 4.69) is 0 Å². The molecule has 1 aromatic carbocycles. The minimum absolute atomic E-state index is 0.202. The second-order valence-electron chi connectivity index (χ2n) is 3.51. The zero-order valence-corrected chi connectivity index (χ0v) is 8.92. The van der Waals surface area contributed by atoms with E-state index >= 15 is 0 Å². The van der Waals surface area contributed by atoms with Crippen LogP contribution >= 0.6 is 0 Å². The molecule has 15 heavy (non-hydrogen) atoms. The largest absolute Gasteiger partial charge is 0.376 e. The molecule has 0 heterocycles. The Labute approximate surface area is 89.0 Å². The van der Waals surface area contributed by atoms with E-state index in [1.807, 2.05) is 30.3 Å². The smallest absolute Gasteiger partial charge is 0.213 e. The van der Waals surface area contributed by atoms with Gasteiger partial charge in [-0.25, -0.2) is 0 Å². The number of nitro groups is 1. The highest BCUT2D eigenvalue weighted by Crippen LogP contribution is 2.22. The molecule has 0 saturated heterocycles. The molecule has 0 aromatic heterocycles. The Kier molecular flexibility index (Phi) is 4.24. The monoisotopic (exact) mass is 209 g/mol. The standard InChI is InChI=1S/C11H15NO3/c1-9(12(13)14)8-11(15-2)10-6-4-3-5-7-10/h3-7,9,11H,8H2,1-2H3. The molecule has 2 unspecified atom stereocenters. The summed E-state index contributed by atoms with van der Waals surface area (Å²) in [5.41, 5.74) is 0.980. The van der Waals surface area contributed by atoms with E-state index in [0.29, 0.717) is 6.42 Å². The highest BCUT2D eigenvalue weighted by molar-refractivity contribution is 5.17. The number of nitrogens with zero attached hydrogens (tertiary/aromatic N) is 1. The van der Waals surface area contributed by atoms with Gasteiger partial charge in [-0.2, -0.15) is 0 Å². The fourth-order valence-corrected chi connectivity index (χ4v) is 1.43. The van der Waals surface area contributed by atoms with Crippen LogP contribution in [0.15, 0.2) is 30.3 Å². The number of hydrogen-bond acceptors (Lipinski definition) is 3. The SMILES string of the molecule is COC(CC(C)[N+](=O)[O-])c1ccccc1. The first kappa shape index (κ1) is 11.7. The van der Waals surface area contributed by atoms with Crippen LogP contribution in [0.25, 0.3) is 0 Å². The Bertz CT molecular complexity index is 313. The molecule has 0 fully saturated rings. The van der Waals surface area contributed by atoms with Crippen molar-refractivity contribution >= 4 is 0 Å². The fraction of sp³-hybridized carbons (Fsp3) is 0.455. The van der Waals surface area contributed by atoms with Crippen LogP contribution in [0, 0.1) is 10.1 Å². The molecular formula is C11H15NO3. The third-order valence-corrected chi connectivity index (χ3v) is 2.37. The summed E-state index contributed by atoms with van der Waals surface area (Å²) in [7, 11) is 1.57. The normalized spacial score (nSPS) is 14.5. The molecule has 0 aliphatic carbocycles. The van der Waals surface area contributed by atoms with Gasteiger partial charge >= 0.3 is 0 Å². The summed E-state index contributed by atoms with van der Waals surface area (Å²) in [6.45, 7) is 1.59. The van der Waals surface area contributed by atoms with E-state index in [1.165, 1.54) is 0 Å². The number of rotatable bonds is 5. The molecule has 4 heteroatoms. The van der Waals surface area contributed by atoms with Gasteiger partial charge in [0.1, 0.15) is 0 Å². The fourth-order valence-electron chi connectivity index (χ4n) is 1.43.